The Hall–Kier alpha value is -1.32. The van der Waals surface area contributed by atoms with E-state index in [9.17, 15) is 5.11 Å². The van der Waals surface area contributed by atoms with E-state index in [4.69, 9.17) is 5.11 Å². The number of aliphatic hydroxyl groups excluding tert-OH is 2. The molecule has 1 unspecified atom stereocenters. The van der Waals surface area contributed by atoms with Crippen molar-refractivity contribution in [1.29, 1.82) is 0 Å². The fraction of sp³-hybridized carbons (Fsp3) is 0.273. The molecule has 2 rings (SSSR count). The van der Waals surface area contributed by atoms with Crippen LogP contribution in [-0.4, -0.2) is 21.4 Å². The number of nitrogens with zero attached hydrogens (tertiary/aromatic N) is 1. The number of aryl methyl sites for hydroxylation is 1. The third-order valence-corrected chi connectivity index (χ3v) is 2.46. The highest BCUT2D eigenvalue weighted by Crippen LogP contribution is 2.24. The quantitative estimate of drug-likeness (QED) is 0.749. The Labute approximate surface area is 82.2 Å². The summed E-state index contributed by atoms with van der Waals surface area (Å²) in [5.74, 6) is 0. The molecule has 14 heavy (non-hydrogen) atoms. The van der Waals surface area contributed by atoms with Gasteiger partial charge < -0.3 is 14.8 Å². The van der Waals surface area contributed by atoms with Crippen LogP contribution in [0.25, 0.3) is 10.9 Å². The predicted molar refractivity (Wildman–Crippen MR) is 55.0 cm³/mol. The van der Waals surface area contributed by atoms with Gasteiger partial charge in [-0.2, -0.15) is 0 Å². The van der Waals surface area contributed by atoms with Crippen molar-refractivity contribution in [2.24, 2.45) is 7.05 Å². The van der Waals surface area contributed by atoms with Crippen molar-refractivity contribution in [3.05, 3.63) is 36.0 Å². The molecule has 1 aromatic heterocycles. The summed E-state index contributed by atoms with van der Waals surface area (Å²) in [6.45, 7) is -0.246. The molecule has 0 radical (unpaired) electrons. The normalized spacial score (nSPS) is 13.4. The van der Waals surface area contributed by atoms with E-state index in [0.29, 0.717) is 0 Å². The minimum absolute atomic E-state index is 0.246. The number of benzene rings is 1. The maximum Gasteiger partial charge on any atom is 0.104 e. The van der Waals surface area contributed by atoms with Gasteiger partial charge in [0.2, 0.25) is 0 Å². The fourth-order valence-corrected chi connectivity index (χ4v) is 1.76. The van der Waals surface area contributed by atoms with Crippen LogP contribution in [-0.2, 0) is 7.05 Å². The number of fused-ring (bicyclic) bond motifs is 1. The lowest BCUT2D eigenvalue weighted by atomic mass is 10.1. The van der Waals surface area contributed by atoms with Crippen LogP contribution >= 0.6 is 0 Å². The molecule has 1 aromatic carbocycles. The standard InChI is InChI=1S/C11H13NO2/c1-12-6-5-8-3-2-4-9(11(8)12)10(14)7-13/h2-6,10,13-14H,7H2,1H3. The molecule has 0 fully saturated rings. The van der Waals surface area contributed by atoms with Gasteiger partial charge in [-0.25, -0.2) is 0 Å². The van der Waals surface area contributed by atoms with Crippen LogP contribution < -0.4 is 0 Å². The summed E-state index contributed by atoms with van der Waals surface area (Å²) in [5, 5.41) is 19.6. The Bertz CT molecular complexity index is 447. The molecule has 3 nitrogen and oxygen atoms in total. The van der Waals surface area contributed by atoms with Gasteiger partial charge in [-0.15, -0.1) is 0 Å². The zero-order valence-electron chi connectivity index (χ0n) is 8.01. The summed E-state index contributed by atoms with van der Waals surface area (Å²) in [7, 11) is 1.93. The van der Waals surface area contributed by atoms with Crippen LogP contribution in [0.5, 0.6) is 0 Å². The van der Waals surface area contributed by atoms with Gasteiger partial charge in [0.05, 0.1) is 12.1 Å². The largest absolute Gasteiger partial charge is 0.393 e. The number of para-hydroxylation sites is 1. The van der Waals surface area contributed by atoms with Crippen LogP contribution in [0.2, 0.25) is 0 Å². The molecule has 1 atom stereocenters. The lowest BCUT2D eigenvalue weighted by Gasteiger charge is -2.10. The molecular weight excluding hydrogens is 178 g/mol. The van der Waals surface area contributed by atoms with Gasteiger partial charge in [-0.1, -0.05) is 18.2 Å². The number of rotatable bonds is 2. The Morgan fingerprint density at radius 2 is 2.14 bits per heavy atom. The van der Waals surface area contributed by atoms with E-state index in [1.165, 1.54) is 0 Å². The Morgan fingerprint density at radius 1 is 1.36 bits per heavy atom. The summed E-state index contributed by atoms with van der Waals surface area (Å²) in [4.78, 5) is 0. The molecule has 2 N–H and O–H groups in total. The molecule has 0 bridgehead atoms. The van der Waals surface area contributed by atoms with E-state index in [1.807, 2.05) is 42.1 Å². The van der Waals surface area contributed by atoms with E-state index < -0.39 is 6.10 Å². The first-order valence-corrected chi connectivity index (χ1v) is 4.57. The van der Waals surface area contributed by atoms with E-state index in [2.05, 4.69) is 0 Å². The predicted octanol–water partition coefficient (Wildman–Crippen LogP) is 1.20. The van der Waals surface area contributed by atoms with Crippen LogP contribution in [0, 0.1) is 0 Å². The zero-order chi connectivity index (χ0) is 10.1. The van der Waals surface area contributed by atoms with E-state index in [0.717, 1.165) is 16.5 Å². The average Bonchev–Trinajstić information content (AvgIpc) is 2.59. The lowest BCUT2D eigenvalue weighted by Crippen LogP contribution is -2.04. The maximum absolute atomic E-state index is 9.61. The van der Waals surface area contributed by atoms with Crippen molar-refractivity contribution >= 4 is 10.9 Å². The summed E-state index contributed by atoms with van der Waals surface area (Å²) in [6.07, 6.45) is 1.14. The van der Waals surface area contributed by atoms with E-state index in [-0.39, 0.29) is 6.61 Å². The summed E-state index contributed by atoms with van der Waals surface area (Å²) < 4.78 is 1.95. The summed E-state index contributed by atoms with van der Waals surface area (Å²) >= 11 is 0. The van der Waals surface area contributed by atoms with Crippen molar-refractivity contribution in [3.63, 3.8) is 0 Å². The van der Waals surface area contributed by atoms with Crippen molar-refractivity contribution < 1.29 is 10.2 Å². The molecule has 2 aromatic rings. The second-order valence-corrected chi connectivity index (χ2v) is 3.41. The third kappa shape index (κ3) is 1.31. The van der Waals surface area contributed by atoms with E-state index in [1.54, 1.807) is 0 Å². The molecule has 1 heterocycles. The molecule has 3 heteroatoms. The Morgan fingerprint density at radius 3 is 2.86 bits per heavy atom. The second kappa shape index (κ2) is 3.44. The molecule has 0 spiro atoms. The highest BCUT2D eigenvalue weighted by atomic mass is 16.3. The van der Waals surface area contributed by atoms with Gasteiger partial charge in [-0.3, -0.25) is 0 Å². The number of hydrogen-bond donors (Lipinski definition) is 2. The first-order valence-electron chi connectivity index (χ1n) is 4.57. The van der Waals surface area contributed by atoms with Crippen LogP contribution in [0.15, 0.2) is 30.5 Å². The van der Waals surface area contributed by atoms with Gasteiger partial charge in [-0.05, 0) is 11.5 Å². The maximum atomic E-state index is 9.61. The minimum atomic E-state index is -0.799. The van der Waals surface area contributed by atoms with Crippen molar-refractivity contribution in [2.45, 2.75) is 6.10 Å². The molecule has 0 aliphatic heterocycles. The summed E-state index contributed by atoms with van der Waals surface area (Å²) in [5.41, 5.74) is 1.76. The lowest BCUT2D eigenvalue weighted by molar-refractivity contribution is 0.0965. The highest BCUT2D eigenvalue weighted by molar-refractivity contribution is 5.83. The van der Waals surface area contributed by atoms with Crippen molar-refractivity contribution in [1.82, 2.24) is 4.57 Å². The fourth-order valence-electron chi connectivity index (χ4n) is 1.76. The van der Waals surface area contributed by atoms with E-state index >= 15 is 0 Å². The molecule has 74 valence electrons. The molecular formula is C11H13NO2. The van der Waals surface area contributed by atoms with Crippen LogP contribution in [0.1, 0.15) is 11.7 Å². The van der Waals surface area contributed by atoms with Gasteiger partial charge in [0, 0.05) is 18.8 Å². The van der Waals surface area contributed by atoms with Crippen molar-refractivity contribution in [2.75, 3.05) is 6.61 Å². The number of hydrogen-bond acceptors (Lipinski definition) is 2. The highest BCUT2D eigenvalue weighted by Gasteiger charge is 2.11. The minimum Gasteiger partial charge on any atom is -0.393 e. The first-order chi connectivity index (χ1) is 6.74. The third-order valence-electron chi connectivity index (χ3n) is 2.46. The molecule has 0 aliphatic rings. The van der Waals surface area contributed by atoms with Gasteiger partial charge in [0.1, 0.15) is 6.10 Å². The first kappa shape index (κ1) is 9.24. The smallest absolute Gasteiger partial charge is 0.104 e. The van der Waals surface area contributed by atoms with Crippen molar-refractivity contribution in [3.8, 4) is 0 Å². The topological polar surface area (TPSA) is 45.4 Å². The van der Waals surface area contributed by atoms with Crippen LogP contribution in [0.3, 0.4) is 0 Å². The number of aromatic nitrogens is 1. The Balaban J connectivity index is 2.69. The Kier molecular flexibility index (Phi) is 2.27. The molecule has 0 saturated carbocycles. The molecule has 0 aliphatic carbocycles. The van der Waals surface area contributed by atoms with Gasteiger partial charge in [0.25, 0.3) is 0 Å². The van der Waals surface area contributed by atoms with Gasteiger partial charge >= 0.3 is 0 Å². The molecule has 0 amide bonds. The summed E-state index contributed by atoms with van der Waals surface area (Å²) in [6, 6.07) is 7.70. The zero-order valence-corrected chi connectivity index (χ0v) is 8.01. The van der Waals surface area contributed by atoms with Crippen LogP contribution in [0.4, 0.5) is 0 Å². The SMILES string of the molecule is Cn1ccc2cccc(C(O)CO)c21. The monoisotopic (exact) mass is 191 g/mol. The van der Waals surface area contributed by atoms with Gasteiger partial charge in [0.15, 0.2) is 0 Å². The second-order valence-electron chi connectivity index (χ2n) is 3.41. The molecule has 0 saturated heterocycles. The number of aliphatic hydroxyl groups is 2. The average molecular weight is 191 g/mol.